The highest BCUT2D eigenvalue weighted by Crippen LogP contribution is 2.23. The highest BCUT2D eigenvalue weighted by atomic mass is 79.9. The molecule has 2 aromatic rings. The van der Waals surface area contributed by atoms with E-state index in [1.165, 1.54) is 0 Å². The van der Waals surface area contributed by atoms with E-state index in [1.54, 1.807) is 18.0 Å². The maximum Gasteiger partial charge on any atom is 0.153 e. The number of benzene rings is 1. The maximum absolute atomic E-state index is 11.2. The highest BCUT2D eigenvalue weighted by molar-refractivity contribution is 9.10. The first-order valence-corrected chi connectivity index (χ1v) is 6.75. The Balaban J connectivity index is 2.44. The fourth-order valence-electron chi connectivity index (χ4n) is 1.96. The Labute approximate surface area is 120 Å². The fourth-order valence-corrected chi connectivity index (χ4v) is 2.43. The Bertz CT molecular complexity index is 581. The summed E-state index contributed by atoms with van der Waals surface area (Å²) < 4.78 is 7.77. The molecule has 0 amide bonds. The van der Waals surface area contributed by atoms with Crippen LogP contribution in [0.2, 0.25) is 0 Å². The van der Waals surface area contributed by atoms with Crippen LogP contribution < -0.4 is 0 Å². The molecule has 1 aromatic carbocycles. The molecule has 0 saturated heterocycles. The highest BCUT2D eigenvalue weighted by Gasteiger charge is 2.16. The molecule has 0 fully saturated rings. The van der Waals surface area contributed by atoms with Gasteiger partial charge in [-0.2, -0.15) is 5.10 Å². The number of ether oxygens (including phenoxy) is 1. The van der Waals surface area contributed by atoms with Crippen LogP contribution in [0.5, 0.6) is 0 Å². The molecule has 1 heterocycles. The van der Waals surface area contributed by atoms with Crippen molar-refractivity contribution in [2.24, 2.45) is 0 Å². The topological polar surface area (TPSA) is 44.1 Å². The quantitative estimate of drug-likeness (QED) is 0.794. The van der Waals surface area contributed by atoms with Crippen LogP contribution in [0, 0.1) is 0 Å². The minimum absolute atomic E-state index is 0.0777. The lowest BCUT2D eigenvalue weighted by Gasteiger charge is -2.07. The Morgan fingerprint density at radius 1 is 1.47 bits per heavy atom. The normalized spacial score (nSPS) is 12.4. The van der Waals surface area contributed by atoms with Gasteiger partial charge >= 0.3 is 0 Å². The van der Waals surface area contributed by atoms with Crippen LogP contribution in [-0.2, 0) is 4.74 Å². The van der Waals surface area contributed by atoms with Crippen LogP contribution in [-0.4, -0.2) is 29.8 Å². The van der Waals surface area contributed by atoms with Gasteiger partial charge in [0.15, 0.2) is 6.29 Å². The van der Waals surface area contributed by atoms with Crippen molar-refractivity contribution >= 4 is 22.2 Å². The third-order valence-electron chi connectivity index (χ3n) is 2.88. The van der Waals surface area contributed by atoms with Crippen molar-refractivity contribution in [3.05, 3.63) is 46.2 Å². The van der Waals surface area contributed by atoms with Crippen LogP contribution in [0.1, 0.15) is 28.9 Å². The molecule has 4 nitrogen and oxygen atoms in total. The van der Waals surface area contributed by atoms with Crippen LogP contribution in [0.25, 0.3) is 5.69 Å². The smallest absolute Gasteiger partial charge is 0.153 e. The van der Waals surface area contributed by atoms with Gasteiger partial charge in [-0.1, -0.05) is 19.1 Å². The third-order valence-corrected chi connectivity index (χ3v) is 3.55. The number of halogens is 1. The van der Waals surface area contributed by atoms with Crippen molar-refractivity contribution in [2.75, 3.05) is 13.7 Å². The van der Waals surface area contributed by atoms with Gasteiger partial charge in [-0.3, -0.25) is 4.79 Å². The zero-order chi connectivity index (χ0) is 13.8. The molecule has 0 spiro atoms. The van der Waals surface area contributed by atoms with Gasteiger partial charge in [0.05, 0.1) is 23.6 Å². The lowest BCUT2D eigenvalue weighted by Crippen LogP contribution is -2.06. The Morgan fingerprint density at radius 3 is 2.84 bits per heavy atom. The molecule has 1 aromatic heterocycles. The maximum atomic E-state index is 11.2. The number of aldehydes is 1. The molecule has 0 aliphatic carbocycles. The first-order chi connectivity index (χ1) is 9.17. The minimum Gasteiger partial charge on any atom is -0.384 e. The van der Waals surface area contributed by atoms with Gasteiger partial charge in [-0.25, -0.2) is 4.68 Å². The van der Waals surface area contributed by atoms with E-state index in [-0.39, 0.29) is 5.92 Å². The van der Waals surface area contributed by atoms with Crippen molar-refractivity contribution in [1.82, 2.24) is 9.78 Å². The van der Waals surface area contributed by atoms with Gasteiger partial charge in [0.2, 0.25) is 0 Å². The van der Waals surface area contributed by atoms with Crippen molar-refractivity contribution in [3.8, 4) is 5.69 Å². The van der Waals surface area contributed by atoms with Gasteiger partial charge in [-0.15, -0.1) is 0 Å². The largest absolute Gasteiger partial charge is 0.384 e. The van der Waals surface area contributed by atoms with Crippen LogP contribution in [0.15, 0.2) is 34.9 Å². The molecular formula is C14H15BrN2O2. The van der Waals surface area contributed by atoms with E-state index in [9.17, 15) is 4.79 Å². The SMILES string of the molecule is COCC(C)c1nn(-c2ccccc2Br)cc1C=O. The van der Waals surface area contributed by atoms with E-state index in [0.29, 0.717) is 12.2 Å². The molecule has 0 bridgehead atoms. The summed E-state index contributed by atoms with van der Waals surface area (Å²) in [4.78, 5) is 11.2. The Kier molecular flexibility index (Phi) is 4.50. The van der Waals surface area contributed by atoms with Gasteiger partial charge < -0.3 is 4.74 Å². The zero-order valence-electron chi connectivity index (χ0n) is 10.8. The number of carbonyl (C=O) groups is 1. The molecule has 0 radical (unpaired) electrons. The predicted octanol–water partition coefficient (Wildman–Crippen LogP) is 3.20. The zero-order valence-corrected chi connectivity index (χ0v) is 12.4. The summed E-state index contributed by atoms with van der Waals surface area (Å²) >= 11 is 3.48. The van der Waals surface area contributed by atoms with Crippen LogP contribution >= 0.6 is 15.9 Å². The summed E-state index contributed by atoms with van der Waals surface area (Å²) in [5.74, 6) is 0.0777. The second-order valence-corrected chi connectivity index (χ2v) is 5.19. The molecule has 0 aliphatic heterocycles. The number of hydrogen-bond acceptors (Lipinski definition) is 3. The number of nitrogens with zero attached hydrogens (tertiary/aromatic N) is 2. The predicted molar refractivity (Wildman–Crippen MR) is 76.9 cm³/mol. The summed E-state index contributed by atoms with van der Waals surface area (Å²) in [7, 11) is 1.64. The molecule has 2 rings (SSSR count). The van der Waals surface area contributed by atoms with E-state index in [2.05, 4.69) is 21.0 Å². The van der Waals surface area contributed by atoms with Crippen molar-refractivity contribution in [2.45, 2.75) is 12.8 Å². The van der Waals surface area contributed by atoms with Gasteiger partial charge in [0.1, 0.15) is 0 Å². The molecule has 19 heavy (non-hydrogen) atoms. The molecule has 1 unspecified atom stereocenters. The monoisotopic (exact) mass is 322 g/mol. The van der Waals surface area contributed by atoms with Crippen molar-refractivity contribution in [1.29, 1.82) is 0 Å². The number of carbonyl (C=O) groups excluding carboxylic acids is 1. The summed E-state index contributed by atoms with van der Waals surface area (Å²) in [6.07, 6.45) is 2.58. The molecule has 0 N–H and O–H groups in total. The summed E-state index contributed by atoms with van der Waals surface area (Å²) in [6, 6.07) is 7.75. The van der Waals surface area contributed by atoms with E-state index in [4.69, 9.17) is 4.74 Å². The number of aromatic nitrogens is 2. The first kappa shape index (κ1) is 14.0. The lowest BCUT2D eigenvalue weighted by molar-refractivity contribution is 0.112. The number of para-hydroxylation sites is 1. The van der Waals surface area contributed by atoms with Gasteiger partial charge in [0, 0.05) is 23.7 Å². The number of methoxy groups -OCH3 is 1. The average molecular weight is 323 g/mol. The second kappa shape index (κ2) is 6.12. The molecule has 0 saturated carbocycles. The molecular weight excluding hydrogens is 308 g/mol. The van der Waals surface area contributed by atoms with E-state index >= 15 is 0 Å². The van der Waals surface area contributed by atoms with E-state index < -0.39 is 0 Å². The van der Waals surface area contributed by atoms with Gasteiger partial charge in [-0.05, 0) is 28.1 Å². The number of hydrogen-bond donors (Lipinski definition) is 0. The standard InChI is InChI=1S/C14H15BrN2O2/c1-10(9-19-2)14-11(8-18)7-17(16-14)13-6-4-3-5-12(13)15/h3-8,10H,9H2,1-2H3. The Hall–Kier alpha value is -1.46. The minimum atomic E-state index is 0.0777. The molecule has 5 heteroatoms. The molecule has 100 valence electrons. The average Bonchev–Trinajstić information content (AvgIpc) is 2.83. The molecule has 0 aliphatic rings. The number of rotatable bonds is 5. The summed E-state index contributed by atoms with van der Waals surface area (Å²) in [5, 5.41) is 4.51. The van der Waals surface area contributed by atoms with Crippen molar-refractivity contribution < 1.29 is 9.53 Å². The van der Waals surface area contributed by atoms with E-state index in [1.807, 2.05) is 31.2 Å². The van der Waals surface area contributed by atoms with Crippen LogP contribution in [0.4, 0.5) is 0 Å². The van der Waals surface area contributed by atoms with Crippen LogP contribution in [0.3, 0.4) is 0 Å². The lowest BCUT2D eigenvalue weighted by atomic mass is 10.1. The Morgan fingerprint density at radius 2 is 2.21 bits per heavy atom. The van der Waals surface area contributed by atoms with Crippen molar-refractivity contribution in [3.63, 3.8) is 0 Å². The second-order valence-electron chi connectivity index (χ2n) is 4.34. The van der Waals surface area contributed by atoms with Gasteiger partial charge in [0.25, 0.3) is 0 Å². The summed E-state index contributed by atoms with van der Waals surface area (Å²) in [6.45, 7) is 2.52. The first-order valence-electron chi connectivity index (χ1n) is 5.96. The fraction of sp³-hybridized carbons (Fsp3) is 0.286. The van der Waals surface area contributed by atoms with E-state index in [0.717, 1.165) is 22.1 Å². The third kappa shape index (κ3) is 2.93. The summed E-state index contributed by atoms with van der Waals surface area (Å²) in [5.41, 5.74) is 2.26. The molecule has 1 atom stereocenters.